The molecule has 2 N–H and O–H groups in total. The van der Waals surface area contributed by atoms with Crippen LogP contribution in [0.2, 0.25) is 0 Å². The maximum Gasteiger partial charge on any atom is 0.319 e. The normalized spacial score (nSPS) is 20.2. The van der Waals surface area contributed by atoms with Gasteiger partial charge in [0.1, 0.15) is 6.61 Å². The Hall–Kier alpha value is -2.08. The number of benzene rings is 1. The van der Waals surface area contributed by atoms with Gasteiger partial charge in [-0.15, -0.1) is 0 Å². The van der Waals surface area contributed by atoms with Crippen molar-refractivity contribution in [2.24, 2.45) is 5.92 Å². The quantitative estimate of drug-likeness (QED) is 0.798. The number of carbonyl (C=O) groups excluding carboxylic acids is 2. The molecule has 0 bridgehead atoms. The highest BCUT2D eigenvalue weighted by atomic mass is 16.5. The molecular formula is C19H27N3O3. The zero-order valence-electron chi connectivity index (χ0n) is 14.6. The zero-order chi connectivity index (χ0) is 17.5. The number of urea groups is 1. The van der Waals surface area contributed by atoms with Crippen LogP contribution in [0, 0.1) is 5.92 Å². The van der Waals surface area contributed by atoms with Gasteiger partial charge in [0.2, 0.25) is 5.91 Å². The summed E-state index contributed by atoms with van der Waals surface area (Å²) in [5.41, 5.74) is 0.755. The molecule has 0 unspecified atom stereocenters. The van der Waals surface area contributed by atoms with Gasteiger partial charge < -0.3 is 20.3 Å². The lowest BCUT2D eigenvalue weighted by molar-refractivity contribution is -0.139. The number of ether oxygens (including phenoxy) is 1. The Morgan fingerprint density at radius 2 is 1.92 bits per heavy atom. The third-order valence-electron chi connectivity index (χ3n) is 4.75. The molecule has 2 fully saturated rings. The van der Waals surface area contributed by atoms with Crippen LogP contribution >= 0.6 is 0 Å². The van der Waals surface area contributed by atoms with E-state index in [1.54, 1.807) is 0 Å². The Labute approximate surface area is 148 Å². The first-order valence-corrected chi connectivity index (χ1v) is 9.19. The van der Waals surface area contributed by atoms with Crippen LogP contribution in [-0.4, -0.2) is 49.2 Å². The molecular weight excluding hydrogens is 318 g/mol. The molecule has 1 heterocycles. The largest absolute Gasteiger partial charge is 0.371 e. The number of carbonyl (C=O) groups is 2. The van der Waals surface area contributed by atoms with E-state index in [9.17, 15) is 9.59 Å². The van der Waals surface area contributed by atoms with E-state index in [1.807, 2.05) is 35.2 Å². The van der Waals surface area contributed by atoms with Crippen molar-refractivity contribution in [3.05, 3.63) is 30.3 Å². The topological polar surface area (TPSA) is 70.7 Å². The monoisotopic (exact) mass is 345 g/mol. The average molecular weight is 345 g/mol. The summed E-state index contributed by atoms with van der Waals surface area (Å²) in [6.07, 6.45) is 5.46. The number of nitrogens with zero attached hydrogens (tertiary/aromatic N) is 1. The molecule has 1 aromatic carbocycles. The number of piperidine rings is 1. The minimum atomic E-state index is -0.242. The highest BCUT2D eigenvalue weighted by Crippen LogP contribution is 2.28. The first-order valence-electron chi connectivity index (χ1n) is 9.19. The van der Waals surface area contributed by atoms with Crippen molar-refractivity contribution in [1.29, 1.82) is 0 Å². The van der Waals surface area contributed by atoms with Gasteiger partial charge in [-0.3, -0.25) is 4.79 Å². The first kappa shape index (κ1) is 17.7. The lowest BCUT2D eigenvalue weighted by Crippen LogP contribution is -2.51. The van der Waals surface area contributed by atoms with Crippen molar-refractivity contribution in [2.75, 3.05) is 31.6 Å². The highest BCUT2D eigenvalue weighted by molar-refractivity contribution is 5.89. The Balaban J connectivity index is 1.43. The molecule has 0 aromatic heterocycles. The summed E-state index contributed by atoms with van der Waals surface area (Å²) < 4.78 is 5.53. The fourth-order valence-corrected chi connectivity index (χ4v) is 3.13. The fraction of sp³-hybridized carbons (Fsp3) is 0.579. The van der Waals surface area contributed by atoms with Crippen molar-refractivity contribution >= 4 is 17.6 Å². The lowest BCUT2D eigenvalue weighted by Gasteiger charge is -2.35. The van der Waals surface area contributed by atoms with E-state index < -0.39 is 0 Å². The molecule has 1 aromatic rings. The van der Waals surface area contributed by atoms with Crippen LogP contribution in [0.1, 0.15) is 32.1 Å². The molecule has 0 spiro atoms. The number of hydrogen-bond donors (Lipinski definition) is 2. The van der Waals surface area contributed by atoms with Gasteiger partial charge in [-0.05, 0) is 50.2 Å². The molecule has 1 saturated heterocycles. The summed E-state index contributed by atoms with van der Waals surface area (Å²) in [4.78, 5) is 26.3. The summed E-state index contributed by atoms with van der Waals surface area (Å²) in [6, 6.07) is 9.14. The average Bonchev–Trinajstić information content (AvgIpc) is 3.45. The predicted molar refractivity (Wildman–Crippen MR) is 96.4 cm³/mol. The first-order chi connectivity index (χ1) is 12.2. The van der Waals surface area contributed by atoms with E-state index in [0.29, 0.717) is 19.1 Å². The maximum absolute atomic E-state index is 12.4. The van der Waals surface area contributed by atoms with Crippen LogP contribution in [0.15, 0.2) is 30.3 Å². The van der Waals surface area contributed by atoms with Gasteiger partial charge in [0, 0.05) is 24.8 Å². The Kier molecular flexibility index (Phi) is 6.28. The smallest absolute Gasteiger partial charge is 0.319 e. The second-order valence-electron chi connectivity index (χ2n) is 6.90. The van der Waals surface area contributed by atoms with Gasteiger partial charge in [0.25, 0.3) is 0 Å². The van der Waals surface area contributed by atoms with Crippen molar-refractivity contribution in [1.82, 2.24) is 10.2 Å². The van der Waals surface area contributed by atoms with E-state index in [4.69, 9.17) is 4.74 Å². The molecule has 0 radical (unpaired) electrons. The molecule has 25 heavy (non-hydrogen) atoms. The molecule has 136 valence electrons. The van der Waals surface area contributed by atoms with E-state index in [2.05, 4.69) is 10.6 Å². The summed E-state index contributed by atoms with van der Waals surface area (Å²) >= 11 is 0. The van der Waals surface area contributed by atoms with Gasteiger partial charge in [-0.2, -0.15) is 0 Å². The van der Waals surface area contributed by atoms with Gasteiger partial charge >= 0.3 is 6.03 Å². The van der Waals surface area contributed by atoms with E-state index in [0.717, 1.165) is 31.5 Å². The van der Waals surface area contributed by atoms with Crippen LogP contribution in [0.5, 0.6) is 0 Å². The number of para-hydroxylation sites is 1. The van der Waals surface area contributed by atoms with Crippen LogP contribution in [0.3, 0.4) is 0 Å². The molecule has 1 aliphatic carbocycles. The molecule has 3 amide bonds. The van der Waals surface area contributed by atoms with Crippen LogP contribution in [0.25, 0.3) is 0 Å². The van der Waals surface area contributed by atoms with E-state index >= 15 is 0 Å². The zero-order valence-corrected chi connectivity index (χ0v) is 14.6. The van der Waals surface area contributed by atoms with Crippen LogP contribution in [0.4, 0.5) is 10.5 Å². The van der Waals surface area contributed by atoms with E-state index in [-0.39, 0.29) is 24.6 Å². The number of rotatable bonds is 7. The van der Waals surface area contributed by atoms with Crippen LogP contribution < -0.4 is 10.6 Å². The number of anilines is 1. The molecule has 3 rings (SSSR count). The molecule has 6 heteroatoms. The minimum absolute atomic E-state index is 0.0376. The lowest BCUT2D eigenvalue weighted by atomic mass is 10.0. The van der Waals surface area contributed by atoms with Crippen molar-refractivity contribution in [2.45, 2.75) is 38.1 Å². The Morgan fingerprint density at radius 1 is 1.12 bits per heavy atom. The van der Waals surface area contributed by atoms with E-state index in [1.165, 1.54) is 12.8 Å². The molecule has 2 aliphatic rings. The Morgan fingerprint density at radius 3 is 2.68 bits per heavy atom. The highest BCUT2D eigenvalue weighted by Gasteiger charge is 2.28. The van der Waals surface area contributed by atoms with Gasteiger partial charge in [0.15, 0.2) is 0 Å². The van der Waals surface area contributed by atoms with Gasteiger partial charge in [-0.25, -0.2) is 4.79 Å². The summed E-state index contributed by atoms with van der Waals surface area (Å²) in [7, 11) is 0. The second kappa shape index (κ2) is 8.85. The number of amides is 3. The van der Waals surface area contributed by atoms with Crippen molar-refractivity contribution in [3.63, 3.8) is 0 Å². The van der Waals surface area contributed by atoms with Crippen molar-refractivity contribution < 1.29 is 14.3 Å². The number of hydrogen-bond acceptors (Lipinski definition) is 3. The molecule has 1 aliphatic heterocycles. The number of nitrogens with one attached hydrogen (secondary N) is 2. The molecule has 1 saturated carbocycles. The van der Waals surface area contributed by atoms with Crippen molar-refractivity contribution in [3.8, 4) is 0 Å². The molecule has 1 atom stereocenters. The maximum atomic E-state index is 12.4. The minimum Gasteiger partial charge on any atom is -0.371 e. The van der Waals surface area contributed by atoms with Gasteiger partial charge in [-0.1, -0.05) is 18.2 Å². The third-order valence-corrected chi connectivity index (χ3v) is 4.75. The summed E-state index contributed by atoms with van der Waals surface area (Å²) in [5, 5.41) is 5.69. The predicted octanol–water partition coefficient (Wildman–Crippen LogP) is 2.62. The number of likely N-dealkylation sites (tertiary alicyclic amines) is 1. The SMILES string of the molecule is O=C(NC[C@@H]1CCCCN1C(=O)COCC1CC1)Nc1ccccc1. The summed E-state index contributed by atoms with van der Waals surface area (Å²) in [6.45, 7) is 2.07. The third kappa shape index (κ3) is 5.74. The fourth-order valence-electron chi connectivity index (χ4n) is 3.13. The second-order valence-corrected chi connectivity index (χ2v) is 6.90. The Bertz CT molecular complexity index is 575. The summed E-state index contributed by atoms with van der Waals surface area (Å²) in [5.74, 6) is 0.698. The van der Waals surface area contributed by atoms with Gasteiger partial charge in [0.05, 0.1) is 6.61 Å². The molecule has 6 nitrogen and oxygen atoms in total. The standard InChI is InChI=1S/C19H27N3O3/c23-18(14-25-13-15-9-10-15)22-11-5-4-8-17(22)12-20-19(24)21-16-6-2-1-3-7-16/h1-3,6-7,15,17H,4-5,8-14H2,(H2,20,21,24)/t17-/m0/s1. The van der Waals surface area contributed by atoms with Crippen LogP contribution in [-0.2, 0) is 9.53 Å².